The average Bonchev–Trinajstić information content (AvgIpc) is 3.36. The van der Waals surface area contributed by atoms with E-state index in [9.17, 15) is 14.4 Å². The molecule has 2 atom stereocenters. The van der Waals surface area contributed by atoms with Crippen LogP contribution in [-0.2, 0) is 25.8 Å². The van der Waals surface area contributed by atoms with E-state index in [0.717, 1.165) is 18.0 Å². The molecule has 0 aliphatic carbocycles. The molecule has 0 spiro atoms. The van der Waals surface area contributed by atoms with Crippen LogP contribution < -0.4 is 10.6 Å². The molecule has 5 rings (SSSR count). The van der Waals surface area contributed by atoms with Gasteiger partial charge in [-0.2, -0.15) is 0 Å². The molecule has 13 heteroatoms. The Kier molecular flexibility index (Phi) is 11.7. The van der Waals surface area contributed by atoms with Crippen LogP contribution in [-0.4, -0.2) is 60.7 Å². The molecule has 2 aliphatic rings. The van der Waals surface area contributed by atoms with Gasteiger partial charge in [0, 0.05) is 50.3 Å². The van der Waals surface area contributed by atoms with Gasteiger partial charge < -0.3 is 19.7 Å². The molecule has 1 unspecified atom stereocenters. The summed E-state index contributed by atoms with van der Waals surface area (Å²) in [6.45, 7) is 8.15. The molecule has 1 aromatic heterocycles. The maximum absolute atomic E-state index is 13.9. The van der Waals surface area contributed by atoms with Crippen LogP contribution in [0.1, 0.15) is 55.5 Å². The standard InChI is InChI=1S/C35H43Cl2N5O5Si/c1-46-35(45)38-26-13-14-27-28(21-26)39-30(43)12-7-5-6-11-29(34-40-32(27)33(37)42(34)22-47-17-18-48(2,3)4)41-16-15-24(20-31(41)44)23-9-8-10-25(36)19-23/h5-6,8-10,13-14,19,21,24,29H,7,11-12,15-18,20,22H2,1-4H3,(H,38,45)(H,39,43)/t24?,29-/m0/s1. The number of imidazole rings is 1. The number of carbonyl (C=O) groups excluding carboxylic acids is 3. The molecule has 2 bridgehead atoms. The molecule has 10 nitrogen and oxygen atoms in total. The number of hydrogen-bond donors (Lipinski definition) is 2. The zero-order valence-electron chi connectivity index (χ0n) is 27.9. The zero-order valence-corrected chi connectivity index (χ0v) is 30.4. The summed E-state index contributed by atoms with van der Waals surface area (Å²) >= 11 is 13.4. The molecule has 2 N–H and O–H groups in total. The van der Waals surface area contributed by atoms with Crippen molar-refractivity contribution in [2.75, 3.05) is 30.9 Å². The Balaban J connectivity index is 1.56. The van der Waals surface area contributed by atoms with Gasteiger partial charge in [-0.25, -0.2) is 9.78 Å². The monoisotopic (exact) mass is 711 g/mol. The molecule has 2 aromatic carbocycles. The fraction of sp³-hybridized carbons (Fsp3) is 0.429. The van der Waals surface area contributed by atoms with Gasteiger partial charge >= 0.3 is 6.09 Å². The Morgan fingerprint density at radius 3 is 2.67 bits per heavy atom. The van der Waals surface area contributed by atoms with Crippen LogP contribution in [0.15, 0.2) is 54.6 Å². The lowest BCUT2D eigenvalue weighted by atomic mass is 9.88. The van der Waals surface area contributed by atoms with Crippen molar-refractivity contribution in [1.82, 2.24) is 14.5 Å². The first-order valence-corrected chi connectivity index (χ1v) is 20.7. The molecule has 48 heavy (non-hydrogen) atoms. The van der Waals surface area contributed by atoms with Crippen molar-refractivity contribution >= 4 is 60.6 Å². The molecule has 1 fully saturated rings. The third kappa shape index (κ3) is 8.87. The summed E-state index contributed by atoms with van der Waals surface area (Å²) in [6.07, 6.45) is 5.72. The van der Waals surface area contributed by atoms with Crippen LogP contribution in [0, 0.1) is 0 Å². The van der Waals surface area contributed by atoms with Crippen LogP contribution in [0.3, 0.4) is 0 Å². The lowest BCUT2D eigenvalue weighted by Crippen LogP contribution is -2.41. The lowest BCUT2D eigenvalue weighted by Gasteiger charge is -2.37. The van der Waals surface area contributed by atoms with Crippen molar-refractivity contribution in [2.45, 2.75) is 76.5 Å². The number of hydrogen-bond acceptors (Lipinski definition) is 6. The second-order valence-electron chi connectivity index (χ2n) is 13.4. The minimum Gasteiger partial charge on any atom is -0.453 e. The fourth-order valence-corrected chi connectivity index (χ4v) is 7.23. The number of nitrogens with one attached hydrogen (secondary N) is 2. The van der Waals surface area contributed by atoms with Crippen molar-refractivity contribution in [3.05, 3.63) is 76.2 Å². The highest BCUT2D eigenvalue weighted by atomic mass is 35.5. The average molecular weight is 713 g/mol. The van der Waals surface area contributed by atoms with E-state index in [1.54, 1.807) is 18.2 Å². The van der Waals surface area contributed by atoms with E-state index in [1.165, 1.54) is 7.11 Å². The predicted molar refractivity (Wildman–Crippen MR) is 192 cm³/mol. The SMILES string of the molecule is COC(=O)Nc1ccc2c(c1)NC(=O)CCC=CC[C@H](N1CCC(c3cccc(Cl)c3)CC1=O)c1nc-2c(Cl)n1COCC[Si](C)(C)C. The smallest absolute Gasteiger partial charge is 0.411 e. The summed E-state index contributed by atoms with van der Waals surface area (Å²) in [4.78, 5) is 45.9. The maximum atomic E-state index is 13.9. The van der Waals surface area contributed by atoms with Gasteiger partial charge in [-0.3, -0.25) is 19.5 Å². The van der Waals surface area contributed by atoms with Crippen LogP contribution in [0.25, 0.3) is 11.3 Å². The summed E-state index contributed by atoms with van der Waals surface area (Å²) in [5, 5.41) is 6.61. The number of anilines is 2. The lowest BCUT2D eigenvalue weighted by molar-refractivity contribution is -0.137. The third-order valence-electron chi connectivity index (χ3n) is 8.65. The van der Waals surface area contributed by atoms with Gasteiger partial charge in [0.1, 0.15) is 23.4 Å². The number of piperidine rings is 1. The Labute approximate surface area is 292 Å². The molecular weight excluding hydrogens is 669 g/mol. The minimum atomic E-state index is -1.35. The zero-order chi connectivity index (χ0) is 34.4. The number of allylic oxidation sites excluding steroid dienone is 1. The first-order chi connectivity index (χ1) is 22.9. The molecule has 256 valence electrons. The summed E-state index contributed by atoms with van der Waals surface area (Å²) < 4.78 is 12.8. The molecule has 2 aliphatic heterocycles. The van der Waals surface area contributed by atoms with Gasteiger partial charge in [0.25, 0.3) is 0 Å². The van der Waals surface area contributed by atoms with Crippen LogP contribution >= 0.6 is 23.2 Å². The van der Waals surface area contributed by atoms with E-state index >= 15 is 0 Å². The molecule has 3 amide bonds. The Hall–Kier alpha value is -3.64. The van der Waals surface area contributed by atoms with E-state index in [4.69, 9.17) is 37.7 Å². The van der Waals surface area contributed by atoms with Gasteiger partial charge in [-0.05, 0) is 67.1 Å². The quantitative estimate of drug-likeness (QED) is 0.138. The number of fused-ring (bicyclic) bond motifs is 4. The van der Waals surface area contributed by atoms with Crippen molar-refractivity contribution in [3.63, 3.8) is 0 Å². The summed E-state index contributed by atoms with van der Waals surface area (Å²) in [5.41, 5.74) is 2.94. The molecule has 3 heterocycles. The van der Waals surface area contributed by atoms with E-state index in [2.05, 4.69) is 30.3 Å². The second kappa shape index (κ2) is 15.7. The molecule has 3 aromatic rings. The van der Waals surface area contributed by atoms with Gasteiger partial charge in [0.15, 0.2) is 0 Å². The van der Waals surface area contributed by atoms with Crippen LogP contribution in [0.2, 0.25) is 35.9 Å². The van der Waals surface area contributed by atoms with Gasteiger partial charge in [0.05, 0.1) is 18.8 Å². The summed E-state index contributed by atoms with van der Waals surface area (Å²) in [6, 6.07) is 13.4. The van der Waals surface area contributed by atoms with E-state index < -0.39 is 20.2 Å². The molecular formula is C35H43Cl2N5O5Si. The highest BCUT2D eigenvalue weighted by molar-refractivity contribution is 6.76. The predicted octanol–water partition coefficient (Wildman–Crippen LogP) is 8.47. The number of nitrogens with zero attached hydrogens (tertiary/aromatic N) is 3. The molecule has 0 saturated carbocycles. The number of amides is 3. The topological polar surface area (TPSA) is 115 Å². The van der Waals surface area contributed by atoms with Crippen LogP contribution in [0.4, 0.5) is 16.2 Å². The number of likely N-dealkylation sites (tertiary alicyclic amines) is 1. The number of halogens is 2. The van der Waals surface area contributed by atoms with E-state index in [0.29, 0.717) is 71.0 Å². The van der Waals surface area contributed by atoms with Gasteiger partial charge in [0.2, 0.25) is 11.8 Å². The third-order valence-corrected chi connectivity index (χ3v) is 11.0. The maximum Gasteiger partial charge on any atom is 0.411 e. The number of rotatable bonds is 8. The molecule has 0 radical (unpaired) electrons. The Morgan fingerprint density at radius 2 is 1.94 bits per heavy atom. The van der Waals surface area contributed by atoms with Crippen molar-refractivity contribution < 1.29 is 23.9 Å². The van der Waals surface area contributed by atoms with Gasteiger partial charge in [-0.1, -0.05) is 67.1 Å². The highest BCUT2D eigenvalue weighted by Gasteiger charge is 2.36. The molecule has 1 saturated heterocycles. The number of ether oxygens (including phenoxy) is 2. The van der Waals surface area contributed by atoms with Crippen molar-refractivity contribution in [2.24, 2.45) is 0 Å². The van der Waals surface area contributed by atoms with E-state index in [1.807, 2.05) is 45.9 Å². The number of benzene rings is 2. The van der Waals surface area contributed by atoms with Crippen molar-refractivity contribution in [1.29, 1.82) is 0 Å². The summed E-state index contributed by atoms with van der Waals surface area (Å²) in [7, 11) is -0.0728. The number of aromatic nitrogens is 2. The Bertz CT molecular complexity index is 1690. The summed E-state index contributed by atoms with van der Waals surface area (Å²) in [5.74, 6) is 0.501. The largest absolute Gasteiger partial charge is 0.453 e. The second-order valence-corrected chi connectivity index (χ2v) is 19.8. The fourth-order valence-electron chi connectivity index (χ4n) is 6.00. The number of methoxy groups -OCH3 is 1. The normalized spacial score (nSPS) is 18.7. The van der Waals surface area contributed by atoms with Crippen molar-refractivity contribution in [3.8, 4) is 11.3 Å². The number of carbonyl (C=O) groups is 3. The van der Waals surface area contributed by atoms with Gasteiger partial charge in [-0.15, -0.1) is 0 Å². The van der Waals surface area contributed by atoms with E-state index in [-0.39, 0.29) is 30.9 Å². The highest BCUT2D eigenvalue weighted by Crippen LogP contribution is 2.41. The Morgan fingerprint density at radius 1 is 1.12 bits per heavy atom. The first kappa shape index (κ1) is 35.7. The minimum absolute atomic E-state index is 0.0246. The first-order valence-electron chi connectivity index (χ1n) is 16.3. The van der Waals surface area contributed by atoms with Crippen LogP contribution in [0.5, 0.6) is 0 Å².